The minimum absolute atomic E-state index is 0.0534. The van der Waals surface area contributed by atoms with Crippen molar-refractivity contribution in [3.05, 3.63) is 35.9 Å². The van der Waals surface area contributed by atoms with E-state index in [2.05, 4.69) is 4.90 Å². The average molecular weight is 688 g/mol. The second kappa shape index (κ2) is 12.0. The lowest BCUT2D eigenvalue weighted by atomic mass is 9.42. The van der Waals surface area contributed by atoms with Crippen LogP contribution >= 0.6 is 0 Å². The van der Waals surface area contributed by atoms with Crippen molar-refractivity contribution >= 4 is 17.9 Å². The smallest absolute Gasteiger partial charge is 0.338 e. The molecular formula is C36H49NO12. The Kier molecular flexibility index (Phi) is 8.49. The molecule has 13 nitrogen and oxygen atoms in total. The van der Waals surface area contributed by atoms with Crippen LogP contribution in [0.5, 0.6) is 0 Å². The molecule has 1 spiro atoms. The summed E-state index contributed by atoms with van der Waals surface area (Å²) < 4.78 is 43.9. The molecule has 13 heteroatoms. The number of fused-ring (bicyclic) bond motifs is 2. The van der Waals surface area contributed by atoms with E-state index >= 15 is 0 Å². The quantitative estimate of drug-likeness (QED) is 0.267. The molecule has 1 aromatic carbocycles. The summed E-state index contributed by atoms with van der Waals surface area (Å²) in [5, 5.41) is 25.5. The third-order valence-corrected chi connectivity index (χ3v) is 13.4. The van der Waals surface area contributed by atoms with Gasteiger partial charge >= 0.3 is 17.9 Å². The minimum atomic E-state index is -1.86. The van der Waals surface area contributed by atoms with Crippen LogP contribution in [0.4, 0.5) is 0 Å². The van der Waals surface area contributed by atoms with E-state index in [0.717, 1.165) is 0 Å². The van der Waals surface area contributed by atoms with Crippen molar-refractivity contribution in [3.8, 4) is 0 Å². The zero-order chi connectivity index (χ0) is 35.3. The molecule has 5 aliphatic carbocycles. The summed E-state index contributed by atoms with van der Waals surface area (Å²) >= 11 is 0. The lowest BCUT2D eigenvalue weighted by molar-refractivity contribution is -0.322. The molecule has 15 atom stereocenters. The minimum Gasteiger partial charge on any atom is -0.462 e. The summed E-state index contributed by atoms with van der Waals surface area (Å²) in [4.78, 5) is 42.2. The lowest BCUT2D eigenvalue weighted by Gasteiger charge is -2.70. The zero-order valence-electron chi connectivity index (χ0n) is 29.2. The third-order valence-electron chi connectivity index (χ3n) is 13.4. The van der Waals surface area contributed by atoms with Crippen LogP contribution in [0, 0.1) is 34.5 Å². The van der Waals surface area contributed by atoms with E-state index in [4.69, 9.17) is 33.2 Å². The SMILES string of the molecule is CCN1C[C@]2(COC)[C@H]3[C@H](OC)[C@H]4[C@@H]1[C@]3([C@@H](OC)C[C@H]2OC(C)=O)[C@@H]1C[C@]2(O)[C@@H](OC(=O)c3ccccc3)[C@@H]1[C@]4(OC(C)=O)[C@H](O)[C@@H]2OC. The number of carbonyl (C=O) groups is 3. The number of aliphatic hydroxyl groups is 2. The summed E-state index contributed by atoms with van der Waals surface area (Å²) in [6.07, 6.45) is -5.45. The van der Waals surface area contributed by atoms with Crippen LogP contribution in [0.3, 0.4) is 0 Å². The summed E-state index contributed by atoms with van der Waals surface area (Å²) in [5.41, 5.74) is -4.92. The van der Waals surface area contributed by atoms with Crippen LogP contribution in [0.1, 0.15) is 44.0 Å². The van der Waals surface area contributed by atoms with Gasteiger partial charge in [0.25, 0.3) is 0 Å². The van der Waals surface area contributed by atoms with Crippen LogP contribution in [0.2, 0.25) is 0 Å². The van der Waals surface area contributed by atoms with Gasteiger partial charge in [-0.15, -0.1) is 0 Å². The molecular weight excluding hydrogens is 638 g/mol. The van der Waals surface area contributed by atoms with Crippen LogP contribution < -0.4 is 0 Å². The Morgan fingerprint density at radius 2 is 1.63 bits per heavy atom. The number of rotatable bonds is 10. The van der Waals surface area contributed by atoms with E-state index in [0.29, 0.717) is 19.5 Å². The van der Waals surface area contributed by atoms with Crippen LogP contribution in [0.25, 0.3) is 0 Å². The number of piperidine rings is 1. The van der Waals surface area contributed by atoms with Gasteiger partial charge < -0.3 is 43.4 Å². The Hall–Kier alpha value is -2.65. The number of aliphatic hydroxyl groups excluding tert-OH is 1. The van der Waals surface area contributed by atoms with Gasteiger partial charge in [0.15, 0.2) is 5.60 Å². The van der Waals surface area contributed by atoms with Crippen LogP contribution in [-0.2, 0) is 42.7 Å². The number of carbonyl (C=O) groups excluding carboxylic acids is 3. The molecule has 1 aromatic rings. The largest absolute Gasteiger partial charge is 0.462 e. The average Bonchev–Trinajstić information content (AvgIpc) is 3.44. The molecule has 0 amide bonds. The van der Waals surface area contributed by atoms with Gasteiger partial charge in [0.1, 0.15) is 30.0 Å². The Morgan fingerprint density at radius 1 is 0.918 bits per heavy atom. The van der Waals surface area contributed by atoms with Gasteiger partial charge in [-0.3, -0.25) is 14.5 Å². The third kappa shape index (κ3) is 4.21. The van der Waals surface area contributed by atoms with E-state index in [1.807, 2.05) is 6.92 Å². The van der Waals surface area contributed by atoms with E-state index in [-0.39, 0.29) is 24.6 Å². The predicted molar refractivity (Wildman–Crippen MR) is 170 cm³/mol. The number of esters is 3. The second-order valence-electron chi connectivity index (χ2n) is 15.0. The van der Waals surface area contributed by atoms with Crippen LogP contribution in [0.15, 0.2) is 30.3 Å². The van der Waals surface area contributed by atoms with Crippen molar-refractivity contribution in [2.45, 2.75) is 87.5 Å². The molecule has 1 aliphatic heterocycles. The summed E-state index contributed by atoms with van der Waals surface area (Å²) in [6, 6.07) is 8.12. The van der Waals surface area contributed by atoms with Gasteiger partial charge in [0.2, 0.25) is 0 Å². The first-order valence-electron chi connectivity index (χ1n) is 17.2. The van der Waals surface area contributed by atoms with Crippen LogP contribution in [-0.4, -0.2) is 135 Å². The van der Waals surface area contributed by atoms with Gasteiger partial charge in [0.05, 0.1) is 24.4 Å². The van der Waals surface area contributed by atoms with Gasteiger partial charge in [-0.1, -0.05) is 25.1 Å². The normalized spacial score (nSPS) is 47.4. The van der Waals surface area contributed by atoms with E-state index < -0.39 is 100 Å². The molecule has 49 heavy (non-hydrogen) atoms. The van der Waals surface area contributed by atoms with E-state index in [1.54, 1.807) is 51.7 Å². The molecule has 0 radical (unpaired) electrons. The number of hydrogen-bond donors (Lipinski definition) is 2. The number of likely N-dealkylation sites (tertiary alicyclic amines) is 1. The molecule has 6 aliphatic rings. The van der Waals surface area contributed by atoms with Crippen molar-refractivity contribution in [3.63, 3.8) is 0 Å². The second-order valence-corrected chi connectivity index (χ2v) is 15.0. The number of ether oxygens (including phenoxy) is 7. The molecule has 0 aromatic heterocycles. The maximum Gasteiger partial charge on any atom is 0.338 e. The van der Waals surface area contributed by atoms with Gasteiger partial charge in [-0.25, -0.2) is 4.79 Å². The van der Waals surface area contributed by atoms with Gasteiger partial charge in [0, 0.05) is 89.9 Å². The predicted octanol–water partition coefficient (Wildman–Crippen LogP) is 1.22. The van der Waals surface area contributed by atoms with Crippen molar-refractivity contribution in [2.75, 3.05) is 48.1 Å². The molecule has 270 valence electrons. The summed E-state index contributed by atoms with van der Waals surface area (Å²) in [6.45, 7) is 5.99. The molecule has 7 rings (SSSR count). The first-order chi connectivity index (χ1) is 23.4. The fraction of sp³-hybridized carbons (Fsp3) is 0.750. The van der Waals surface area contributed by atoms with Gasteiger partial charge in [-0.05, 0) is 31.0 Å². The Bertz CT molecular complexity index is 1480. The monoisotopic (exact) mass is 687 g/mol. The molecule has 1 saturated heterocycles. The highest BCUT2D eigenvalue weighted by Crippen LogP contribution is 2.80. The molecule has 2 N–H and O–H groups in total. The highest BCUT2D eigenvalue weighted by atomic mass is 16.6. The van der Waals surface area contributed by atoms with E-state index in [1.165, 1.54) is 21.0 Å². The van der Waals surface area contributed by atoms with E-state index in [9.17, 15) is 24.6 Å². The Labute approximate surface area is 286 Å². The number of methoxy groups -OCH3 is 4. The first kappa shape index (κ1) is 34.8. The van der Waals surface area contributed by atoms with Crippen molar-refractivity contribution < 1.29 is 57.8 Å². The van der Waals surface area contributed by atoms with Crippen molar-refractivity contribution in [1.29, 1.82) is 0 Å². The molecule has 0 unspecified atom stereocenters. The summed E-state index contributed by atoms with van der Waals surface area (Å²) in [5.74, 6) is -4.24. The first-order valence-corrected chi connectivity index (χ1v) is 17.2. The number of nitrogens with zero attached hydrogens (tertiary/aromatic N) is 1. The van der Waals surface area contributed by atoms with Crippen molar-refractivity contribution in [1.82, 2.24) is 4.90 Å². The molecule has 6 fully saturated rings. The molecule has 7 bridgehead atoms. The Balaban J connectivity index is 1.53. The topological polar surface area (TPSA) is 160 Å². The van der Waals surface area contributed by atoms with Crippen molar-refractivity contribution in [2.24, 2.45) is 34.5 Å². The molecule has 5 saturated carbocycles. The highest BCUT2D eigenvalue weighted by molar-refractivity contribution is 5.89. The number of hydrogen-bond acceptors (Lipinski definition) is 13. The number of benzene rings is 1. The standard InChI is InChI=1S/C36H49NO12/c1-8-37-16-33(17-43-4)22(47-18(2)38)14-23(44-5)35-21-15-34(42)30(48-32(41)20-12-10-9-11-13-20)24(21)36(49-19(3)39,29(40)31(34)46-7)25(28(35)37)26(45-6)27(33)35/h9-13,21-31,40,42H,8,14-17H2,1-7H3/t21-,22-,23+,24-,25+,26-,27-,28-,29-,30+,31+,33-,34+,35+,36-/m1/s1. The fourth-order valence-electron chi connectivity index (χ4n) is 12.7. The maximum absolute atomic E-state index is 13.8. The summed E-state index contributed by atoms with van der Waals surface area (Å²) in [7, 11) is 6.25. The Morgan fingerprint density at radius 3 is 2.20 bits per heavy atom. The van der Waals surface area contributed by atoms with Gasteiger partial charge in [-0.2, -0.15) is 0 Å². The lowest BCUT2D eigenvalue weighted by Crippen LogP contribution is -2.81. The highest BCUT2D eigenvalue weighted by Gasteiger charge is 2.92. The maximum atomic E-state index is 13.8. The zero-order valence-corrected chi connectivity index (χ0v) is 29.2. The fourth-order valence-corrected chi connectivity index (χ4v) is 12.7. The molecule has 1 heterocycles.